The largest absolute Gasteiger partial charge is 0.333 e. The molecule has 2 N–H and O–H groups in total. The first-order valence-electron chi connectivity index (χ1n) is 5.07. The molecule has 3 heteroatoms. The number of likely N-dealkylation sites (N-methyl/N-ethyl adjacent to an activating group) is 1. The van der Waals surface area contributed by atoms with E-state index in [1.165, 1.54) is 4.90 Å². The highest BCUT2D eigenvalue weighted by Gasteiger charge is 2.18. The Hall–Kier alpha value is -1.79. The Morgan fingerprint density at radius 3 is 2.56 bits per heavy atom. The number of nitrogens with zero attached hydrogens (tertiary/aromatic N) is 1. The van der Waals surface area contributed by atoms with Crippen LogP contribution in [0.2, 0.25) is 0 Å². The smallest absolute Gasteiger partial charge is 0.244 e. The van der Waals surface area contributed by atoms with Crippen LogP contribution in [-0.4, -0.2) is 24.4 Å². The van der Waals surface area contributed by atoms with Gasteiger partial charge in [0.15, 0.2) is 0 Å². The lowest BCUT2D eigenvalue weighted by Crippen LogP contribution is -2.36. The van der Waals surface area contributed by atoms with Crippen molar-refractivity contribution in [3.63, 3.8) is 0 Å². The van der Waals surface area contributed by atoms with Crippen molar-refractivity contribution in [3.05, 3.63) is 35.4 Å². The number of nitrogens with two attached hydrogens (primary N) is 1. The molecule has 0 heterocycles. The normalized spacial score (nSPS) is 11.6. The monoisotopic (exact) mass is 216 g/mol. The van der Waals surface area contributed by atoms with Crippen LogP contribution in [0.1, 0.15) is 17.2 Å². The molecule has 1 aromatic rings. The Labute approximate surface area is 96.2 Å². The average molecular weight is 216 g/mol. The number of carbonyl (C=O) groups is 1. The summed E-state index contributed by atoms with van der Waals surface area (Å²) in [6.45, 7) is 2.26. The van der Waals surface area contributed by atoms with Gasteiger partial charge < -0.3 is 10.6 Å². The van der Waals surface area contributed by atoms with Crippen LogP contribution < -0.4 is 5.73 Å². The van der Waals surface area contributed by atoms with Gasteiger partial charge in [-0.25, -0.2) is 0 Å². The summed E-state index contributed by atoms with van der Waals surface area (Å²) in [6, 6.07) is 6.95. The van der Waals surface area contributed by atoms with Crippen molar-refractivity contribution < 1.29 is 4.79 Å². The number of hydrogen-bond donors (Lipinski definition) is 1. The second-order valence-electron chi connectivity index (χ2n) is 3.79. The van der Waals surface area contributed by atoms with Crippen LogP contribution in [0.5, 0.6) is 0 Å². The fourth-order valence-electron chi connectivity index (χ4n) is 1.37. The third-order valence-corrected chi connectivity index (χ3v) is 2.41. The molecule has 0 saturated carbocycles. The molecule has 84 valence electrons. The third-order valence-electron chi connectivity index (χ3n) is 2.41. The van der Waals surface area contributed by atoms with Gasteiger partial charge in [-0.15, -0.1) is 6.42 Å². The minimum atomic E-state index is -0.640. The van der Waals surface area contributed by atoms with Crippen LogP contribution in [0.3, 0.4) is 0 Å². The number of benzene rings is 1. The molecular formula is C13H16N2O. The number of amides is 1. The summed E-state index contributed by atoms with van der Waals surface area (Å²) in [6.07, 6.45) is 5.14. The molecule has 0 fully saturated rings. The van der Waals surface area contributed by atoms with Gasteiger partial charge >= 0.3 is 0 Å². The van der Waals surface area contributed by atoms with Gasteiger partial charge in [0.25, 0.3) is 0 Å². The second-order valence-corrected chi connectivity index (χ2v) is 3.79. The van der Waals surface area contributed by atoms with Crippen LogP contribution in [0.15, 0.2) is 24.3 Å². The van der Waals surface area contributed by atoms with Crippen LogP contribution in [0, 0.1) is 19.3 Å². The molecule has 0 aliphatic rings. The molecule has 0 radical (unpaired) electrons. The van der Waals surface area contributed by atoms with E-state index in [0.717, 1.165) is 11.1 Å². The van der Waals surface area contributed by atoms with Crippen molar-refractivity contribution in [2.24, 2.45) is 5.73 Å². The standard InChI is InChI=1S/C13H16N2O/c1-4-9-15(3)13(16)12(14)11-7-5-10(2)6-8-11/h1,5-8,12H,9,14H2,2-3H3. The Kier molecular flexibility index (Phi) is 4.10. The Morgan fingerprint density at radius 1 is 1.50 bits per heavy atom. The summed E-state index contributed by atoms with van der Waals surface area (Å²) in [4.78, 5) is 13.3. The number of terminal acetylenes is 1. The molecule has 0 spiro atoms. The van der Waals surface area contributed by atoms with E-state index in [0.29, 0.717) is 0 Å². The van der Waals surface area contributed by atoms with Crippen LogP contribution in [0.4, 0.5) is 0 Å². The van der Waals surface area contributed by atoms with E-state index in [1.807, 2.05) is 31.2 Å². The summed E-state index contributed by atoms with van der Waals surface area (Å²) in [5, 5.41) is 0. The van der Waals surface area contributed by atoms with Gasteiger partial charge in [0.2, 0.25) is 5.91 Å². The van der Waals surface area contributed by atoms with Gasteiger partial charge in [-0.1, -0.05) is 35.7 Å². The van der Waals surface area contributed by atoms with Gasteiger partial charge in [0, 0.05) is 7.05 Å². The van der Waals surface area contributed by atoms with Crippen molar-refractivity contribution in [2.45, 2.75) is 13.0 Å². The fraction of sp³-hybridized carbons (Fsp3) is 0.308. The van der Waals surface area contributed by atoms with E-state index in [-0.39, 0.29) is 12.5 Å². The summed E-state index contributed by atoms with van der Waals surface area (Å²) in [7, 11) is 1.65. The molecule has 0 bridgehead atoms. The van der Waals surface area contributed by atoms with E-state index < -0.39 is 6.04 Å². The Bertz CT molecular complexity index is 403. The third kappa shape index (κ3) is 2.85. The minimum absolute atomic E-state index is 0.165. The number of rotatable bonds is 3. The zero-order chi connectivity index (χ0) is 12.1. The molecule has 0 aliphatic heterocycles. The van der Waals surface area contributed by atoms with Gasteiger partial charge in [-0.3, -0.25) is 4.79 Å². The highest BCUT2D eigenvalue weighted by molar-refractivity contribution is 5.83. The molecule has 16 heavy (non-hydrogen) atoms. The van der Waals surface area contributed by atoms with Gasteiger partial charge in [-0.05, 0) is 12.5 Å². The van der Waals surface area contributed by atoms with E-state index in [2.05, 4.69) is 5.92 Å². The summed E-state index contributed by atoms with van der Waals surface area (Å²) >= 11 is 0. The quantitative estimate of drug-likeness (QED) is 0.769. The van der Waals surface area contributed by atoms with Gasteiger partial charge in [0.1, 0.15) is 6.04 Å². The highest BCUT2D eigenvalue weighted by Crippen LogP contribution is 2.13. The van der Waals surface area contributed by atoms with E-state index >= 15 is 0 Å². The first-order valence-corrected chi connectivity index (χ1v) is 5.07. The molecule has 3 nitrogen and oxygen atoms in total. The fourth-order valence-corrected chi connectivity index (χ4v) is 1.37. The lowest BCUT2D eigenvalue weighted by Gasteiger charge is -2.19. The molecule has 0 aromatic heterocycles. The highest BCUT2D eigenvalue weighted by atomic mass is 16.2. The molecule has 1 rings (SSSR count). The molecule has 1 amide bonds. The zero-order valence-electron chi connectivity index (χ0n) is 9.60. The number of hydrogen-bond acceptors (Lipinski definition) is 2. The van der Waals surface area contributed by atoms with Crippen molar-refractivity contribution >= 4 is 5.91 Å². The average Bonchev–Trinajstić information content (AvgIpc) is 2.28. The molecule has 1 atom stereocenters. The van der Waals surface area contributed by atoms with Gasteiger partial charge in [-0.2, -0.15) is 0 Å². The maximum atomic E-state index is 11.8. The first kappa shape index (κ1) is 12.3. The van der Waals surface area contributed by atoms with E-state index in [9.17, 15) is 4.79 Å². The van der Waals surface area contributed by atoms with E-state index in [1.54, 1.807) is 7.05 Å². The van der Waals surface area contributed by atoms with E-state index in [4.69, 9.17) is 12.2 Å². The lowest BCUT2D eigenvalue weighted by molar-refractivity contribution is -0.130. The molecule has 0 saturated heterocycles. The van der Waals surface area contributed by atoms with Crippen LogP contribution in [-0.2, 0) is 4.79 Å². The minimum Gasteiger partial charge on any atom is -0.333 e. The topological polar surface area (TPSA) is 46.3 Å². The summed E-state index contributed by atoms with van der Waals surface area (Å²) < 4.78 is 0. The number of aryl methyl sites for hydroxylation is 1. The maximum Gasteiger partial charge on any atom is 0.244 e. The molecule has 0 aliphatic carbocycles. The van der Waals surface area contributed by atoms with Crippen molar-refractivity contribution in [3.8, 4) is 12.3 Å². The van der Waals surface area contributed by atoms with Crippen molar-refractivity contribution in [1.29, 1.82) is 0 Å². The van der Waals surface area contributed by atoms with Crippen molar-refractivity contribution in [1.82, 2.24) is 4.90 Å². The Morgan fingerprint density at radius 2 is 2.06 bits per heavy atom. The SMILES string of the molecule is C#CCN(C)C(=O)C(N)c1ccc(C)cc1. The maximum absolute atomic E-state index is 11.8. The van der Waals surface area contributed by atoms with Gasteiger partial charge in [0.05, 0.1) is 6.54 Å². The number of carbonyl (C=O) groups excluding carboxylic acids is 1. The molecule has 1 aromatic carbocycles. The Balaban J connectivity index is 2.78. The van der Waals surface area contributed by atoms with Crippen LogP contribution >= 0.6 is 0 Å². The first-order chi connectivity index (χ1) is 7.56. The summed E-state index contributed by atoms with van der Waals surface area (Å²) in [5.41, 5.74) is 7.80. The predicted octanol–water partition coefficient (Wildman–Crippen LogP) is 1.09. The van der Waals surface area contributed by atoms with Crippen molar-refractivity contribution in [2.75, 3.05) is 13.6 Å². The second kappa shape index (κ2) is 5.34. The lowest BCUT2D eigenvalue weighted by atomic mass is 10.1. The summed E-state index contributed by atoms with van der Waals surface area (Å²) in [5.74, 6) is 2.25. The molecule has 1 unspecified atom stereocenters. The van der Waals surface area contributed by atoms with Crippen LogP contribution in [0.25, 0.3) is 0 Å². The predicted molar refractivity (Wildman–Crippen MR) is 64.6 cm³/mol. The zero-order valence-corrected chi connectivity index (χ0v) is 9.60. The molecular weight excluding hydrogens is 200 g/mol.